The number of halogens is 2. The van der Waals surface area contributed by atoms with Crippen molar-refractivity contribution in [2.45, 2.75) is 38.0 Å². The summed E-state index contributed by atoms with van der Waals surface area (Å²) in [6, 6.07) is 3.17. The molecular formula is C18H24F2N2O3. The third kappa shape index (κ3) is 4.46. The van der Waals surface area contributed by atoms with Crippen LogP contribution in [0.5, 0.6) is 0 Å². The molecule has 1 unspecified atom stereocenters. The molecule has 2 rings (SSSR count). The van der Waals surface area contributed by atoms with Crippen LogP contribution in [0.1, 0.15) is 38.2 Å². The Bertz CT molecular complexity index is 645. The van der Waals surface area contributed by atoms with E-state index in [1.54, 1.807) is 0 Å². The molecule has 0 radical (unpaired) electrons. The maximum atomic E-state index is 14.3. The van der Waals surface area contributed by atoms with Gasteiger partial charge in [0.05, 0.1) is 5.92 Å². The van der Waals surface area contributed by atoms with Gasteiger partial charge in [0.2, 0.25) is 0 Å². The number of hydrogen-bond acceptors (Lipinski definition) is 2. The molecule has 1 aromatic rings. The van der Waals surface area contributed by atoms with Gasteiger partial charge in [0.1, 0.15) is 11.6 Å². The number of carboxylic acid groups (broad SMARTS) is 1. The van der Waals surface area contributed by atoms with Crippen LogP contribution in [-0.2, 0) is 10.2 Å². The Balaban J connectivity index is 2.07. The number of nitrogens with zero attached hydrogens (tertiary/aromatic N) is 1. The summed E-state index contributed by atoms with van der Waals surface area (Å²) in [6.07, 6.45) is 3.26. The number of carboxylic acids is 1. The molecule has 0 saturated heterocycles. The first-order valence-corrected chi connectivity index (χ1v) is 8.42. The van der Waals surface area contributed by atoms with Gasteiger partial charge in [0.25, 0.3) is 0 Å². The number of carbonyl (C=O) groups excluding carboxylic acids is 1. The Hall–Kier alpha value is -2.18. The van der Waals surface area contributed by atoms with Gasteiger partial charge >= 0.3 is 12.0 Å². The molecule has 0 bridgehead atoms. The topological polar surface area (TPSA) is 69.6 Å². The van der Waals surface area contributed by atoms with Crippen LogP contribution in [0.2, 0.25) is 0 Å². The van der Waals surface area contributed by atoms with Gasteiger partial charge in [0, 0.05) is 31.6 Å². The summed E-state index contributed by atoms with van der Waals surface area (Å²) in [5, 5.41) is 11.7. The van der Waals surface area contributed by atoms with E-state index in [1.165, 1.54) is 31.0 Å². The van der Waals surface area contributed by atoms with E-state index in [0.717, 1.165) is 18.9 Å². The lowest BCUT2D eigenvalue weighted by Crippen LogP contribution is -2.46. The first kappa shape index (κ1) is 19.1. The minimum Gasteiger partial charge on any atom is -0.481 e. The molecule has 138 valence electrons. The molecule has 0 heterocycles. The number of urea groups is 1. The van der Waals surface area contributed by atoms with E-state index >= 15 is 0 Å². The van der Waals surface area contributed by atoms with E-state index in [4.69, 9.17) is 5.11 Å². The van der Waals surface area contributed by atoms with Gasteiger partial charge in [0.15, 0.2) is 0 Å². The zero-order valence-electron chi connectivity index (χ0n) is 14.5. The van der Waals surface area contributed by atoms with E-state index < -0.39 is 35.0 Å². The highest BCUT2D eigenvalue weighted by molar-refractivity contribution is 5.75. The van der Waals surface area contributed by atoms with Crippen molar-refractivity contribution in [1.29, 1.82) is 0 Å². The minimum atomic E-state index is -0.972. The highest BCUT2D eigenvalue weighted by Gasteiger charge is 2.38. The predicted octanol–water partition coefficient (Wildman–Crippen LogP) is 3.14. The van der Waals surface area contributed by atoms with Crippen molar-refractivity contribution in [2.24, 2.45) is 5.92 Å². The van der Waals surface area contributed by atoms with Gasteiger partial charge in [-0.25, -0.2) is 13.6 Å². The summed E-state index contributed by atoms with van der Waals surface area (Å²) in [5.74, 6) is -2.86. The van der Waals surface area contributed by atoms with Gasteiger partial charge in [-0.2, -0.15) is 0 Å². The van der Waals surface area contributed by atoms with Crippen molar-refractivity contribution in [2.75, 3.05) is 20.1 Å². The summed E-state index contributed by atoms with van der Waals surface area (Å²) >= 11 is 0. The monoisotopic (exact) mass is 354 g/mol. The number of aliphatic carboxylic acids is 1. The largest absolute Gasteiger partial charge is 0.481 e. The van der Waals surface area contributed by atoms with Crippen LogP contribution in [0.3, 0.4) is 0 Å². The smallest absolute Gasteiger partial charge is 0.317 e. The summed E-state index contributed by atoms with van der Waals surface area (Å²) in [5.41, 5.74) is -0.125. The number of carbonyl (C=O) groups is 2. The van der Waals surface area contributed by atoms with Crippen LogP contribution in [-0.4, -0.2) is 42.1 Å². The second kappa shape index (κ2) is 7.80. The van der Waals surface area contributed by atoms with Crippen LogP contribution >= 0.6 is 0 Å². The predicted molar refractivity (Wildman–Crippen MR) is 89.3 cm³/mol. The van der Waals surface area contributed by atoms with Crippen molar-refractivity contribution in [1.82, 2.24) is 10.2 Å². The first-order valence-electron chi connectivity index (χ1n) is 8.42. The van der Waals surface area contributed by atoms with Gasteiger partial charge in [-0.15, -0.1) is 0 Å². The van der Waals surface area contributed by atoms with Gasteiger partial charge < -0.3 is 15.3 Å². The molecule has 1 atom stereocenters. The second-order valence-corrected chi connectivity index (χ2v) is 6.89. The number of rotatable bonds is 6. The molecule has 0 aliphatic heterocycles. The Morgan fingerprint density at radius 3 is 2.52 bits per heavy atom. The average Bonchev–Trinajstić information content (AvgIpc) is 3.02. The van der Waals surface area contributed by atoms with E-state index in [2.05, 4.69) is 5.32 Å². The molecule has 1 aliphatic rings. The fourth-order valence-corrected chi connectivity index (χ4v) is 3.46. The molecular weight excluding hydrogens is 330 g/mol. The minimum absolute atomic E-state index is 0.0824. The van der Waals surface area contributed by atoms with E-state index in [0.29, 0.717) is 18.4 Å². The quantitative estimate of drug-likeness (QED) is 0.825. The number of benzene rings is 1. The highest BCUT2D eigenvalue weighted by Crippen LogP contribution is 2.41. The van der Waals surface area contributed by atoms with Gasteiger partial charge in [-0.05, 0) is 24.5 Å². The van der Waals surface area contributed by atoms with Crippen molar-refractivity contribution in [3.8, 4) is 0 Å². The number of hydrogen-bond donors (Lipinski definition) is 2. The Morgan fingerprint density at radius 2 is 1.96 bits per heavy atom. The summed E-state index contributed by atoms with van der Waals surface area (Å²) in [6.45, 7) is 1.84. The maximum Gasteiger partial charge on any atom is 0.317 e. The molecule has 1 aromatic carbocycles. The normalized spacial score (nSPS) is 17.1. The first-order chi connectivity index (χ1) is 11.7. The zero-order valence-corrected chi connectivity index (χ0v) is 14.5. The lowest BCUT2D eigenvalue weighted by atomic mass is 9.78. The molecule has 25 heavy (non-hydrogen) atoms. The van der Waals surface area contributed by atoms with Crippen LogP contribution in [0.4, 0.5) is 13.6 Å². The second-order valence-electron chi connectivity index (χ2n) is 6.89. The van der Waals surface area contributed by atoms with Gasteiger partial charge in [-0.1, -0.05) is 25.8 Å². The van der Waals surface area contributed by atoms with E-state index in [9.17, 15) is 18.4 Å². The van der Waals surface area contributed by atoms with Crippen molar-refractivity contribution >= 4 is 12.0 Å². The fourth-order valence-electron chi connectivity index (χ4n) is 3.46. The Morgan fingerprint density at radius 1 is 1.32 bits per heavy atom. The molecule has 1 saturated carbocycles. The summed E-state index contributed by atoms with van der Waals surface area (Å²) in [7, 11) is 1.52. The zero-order chi connectivity index (χ0) is 18.6. The molecule has 2 amide bonds. The summed E-state index contributed by atoms with van der Waals surface area (Å²) in [4.78, 5) is 24.4. The molecule has 0 aromatic heterocycles. The van der Waals surface area contributed by atoms with Crippen molar-refractivity contribution < 1.29 is 23.5 Å². The maximum absolute atomic E-state index is 14.3. The molecule has 5 nitrogen and oxygen atoms in total. The molecule has 7 heteroatoms. The van der Waals surface area contributed by atoms with E-state index in [1.807, 2.05) is 0 Å². The third-order valence-electron chi connectivity index (χ3n) is 4.96. The van der Waals surface area contributed by atoms with Crippen molar-refractivity contribution in [3.63, 3.8) is 0 Å². The summed E-state index contributed by atoms with van der Waals surface area (Å²) < 4.78 is 27.5. The van der Waals surface area contributed by atoms with Crippen molar-refractivity contribution in [3.05, 3.63) is 35.4 Å². The lowest BCUT2D eigenvalue weighted by molar-refractivity contribution is -0.141. The highest BCUT2D eigenvalue weighted by atomic mass is 19.1. The standard InChI is InChI=1S/C18H24F2N2O3/c1-12(16(23)24)10-22(2)17(25)21-11-18(7-3-4-8-18)14-6-5-13(19)9-15(14)20/h5-6,9,12H,3-4,7-8,10-11H2,1-2H3,(H,21,25)(H,23,24). The van der Waals surface area contributed by atoms with Crippen LogP contribution in [0, 0.1) is 17.6 Å². The fraction of sp³-hybridized carbons (Fsp3) is 0.556. The van der Waals surface area contributed by atoms with Gasteiger partial charge in [-0.3, -0.25) is 4.79 Å². The molecule has 0 spiro atoms. The van der Waals surface area contributed by atoms with Crippen LogP contribution in [0.15, 0.2) is 18.2 Å². The Kier molecular flexibility index (Phi) is 5.98. The van der Waals surface area contributed by atoms with Crippen LogP contribution in [0.25, 0.3) is 0 Å². The lowest BCUT2D eigenvalue weighted by Gasteiger charge is -2.31. The number of amides is 2. The number of nitrogens with one attached hydrogen (secondary N) is 1. The molecule has 1 aliphatic carbocycles. The average molecular weight is 354 g/mol. The third-order valence-corrected chi connectivity index (χ3v) is 4.96. The molecule has 1 fully saturated rings. The van der Waals surface area contributed by atoms with E-state index in [-0.39, 0.29) is 13.1 Å². The Labute approximate surface area is 146 Å². The van der Waals surface area contributed by atoms with Crippen LogP contribution < -0.4 is 5.32 Å². The molecule has 2 N–H and O–H groups in total. The SMILES string of the molecule is CC(CN(C)C(=O)NCC1(c2ccc(F)cc2F)CCCC1)C(=O)O.